The van der Waals surface area contributed by atoms with Crippen LogP contribution in [-0.2, 0) is 4.74 Å². The molecule has 0 amide bonds. The van der Waals surface area contributed by atoms with Crippen LogP contribution in [0.15, 0.2) is 4.99 Å². The van der Waals surface area contributed by atoms with E-state index in [0.717, 1.165) is 24.7 Å². The van der Waals surface area contributed by atoms with E-state index in [4.69, 9.17) is 4.74 Å². The summed E-state index contributed by atoms with van der Waals surface area (Å²) >= 11 is 1.42. The molecule has 3 aliphatic heterocycles. The van der Waals surface area contributed by atoms with Crippen LogP contribution >= 0.6 is 11.8 Å². The first-order valence-corrected chi connectivity index (χ1v) is 7.11. The highest BCUT2D eigenvalue weighted by atomic mass is 32.2. The highest BCUT2D eigenvalue weighted by molar-refractivity contribution is 8.14. The van der Waals surface area contributed by atoms with Crippen molar-refractivity contribution in [3.63, 3.8) is 0 Å². The Hall–Kier alpha value is -0.370. The van der Waals surface area contributed by atoms with Gasteiger partial charge in [-0.25, -0.2) is 4.39 Å². The zero-order valence-corrected chi connectivity index (χ0v) is 10.9. The minimum atomic E-state index is -1.32. The Kier molecular flexibility index (Phi) is 3.25. The van der Waals surface area contributed by atoms with Crippen molar-refractivity contribution in [1.29, 1.82) is 0 Å². The molecule has 3 rings (SSSR count). The molecule has 0 spiro atoms. The molecule has 102 valence electrons. The van der Waals surface area contributed by atoms with E-state index in [-0.39, 0.29) is 5.44 Å². The lowest BCUT2D eigenvalue weighted by Gasteiger charge is -2.38. The number of amidine groups is 1. The summed E-state index contributed by atoms with van der Waals surface area (Å²) in [6.45, 7) is 3.26. The van der Waals surface area contributed by atoms with Gasteiger partial charge in [0, 0.05) is 13.1 Å². The number of hydrogen-bond acceptors (Lipinski definition) is 6. The molecule has 5 nitrogen and oxygen atoms in total. The molecule has 2 fully saturated rings. The van der Waals surface area contributed by atoms with Gasteiger partial charge in [-0.15, -0.1) is 0 Å². The van der Waals surface area contributed by atoms with Crippen molar-refractivity contribution in [2.45, 2.75) is 49.3 Å². The van der Waals surface area contributed by atoms with E-state index in [1.807, 2.05) is 0 Å². The second-order valence-electron chi connectivity index (χ2n) is 4.99. The van der Waals surface area contributed by atoms with Gasteiger partial charge in [0.15, 0.2) is 5.17 Å². The summed E-state index contributed by atoms with van der Waals surface area (Å²) in [5.41, 5.74) is -0.387. The fourth-order valence-electron chi connectivity index (χ4n) is 2.41. The van der Waals surface area contributed by atoms with E-state index in [9.17, 15) is 14.6 Å². The molecule has 5 unspecified atom stereocenters. The Morgan fingerprint density at radius 1 is 1.44 bits per heavy atom. The third-order valence-corrected chi connectivity index (χ3v) is 4.86. The summed E-state index contributed by atoms with van der Waals surface area (Å²) in [7, 11) is 0. The van der Waals surface area contributed by atoms with Gasteiger partial charge in [-0.3, -0.25) is 4.99 Å². The Bertz CT molecular complexity index is 364. The topological polar surface area (TPSA) is 65.3 Å². The van der Waals surface area contributed by atoms with Gasteiger partial charge in [-0.2, -0.15) is 0 Å². The predicted octanol–water partition coefficient (Wildman–Crippen LogP) is -0.0318. The maximum Gasteiger partial charge on any atom is 0.162 e. The predicted molar refractivity (Wildman–Crippen MR) is 66.2 cm³/mol. The number of aliphatic imine (C=N–C) groups is 1. The maximum atomic E-state index is 13.3. The summed E-state index contributed by atoms with van der Waals surface area (Å²) in [5, 5.41) is 20.7. The van der Waals surface area contributed by atoms with Gasteiger partial charge in [0.05, 0.1) is 0 Å². The molecular weight excluding hydrogens is 259 g/mol. The first-order chi connectivity index (χ1) is 8.58. The molecule has 18 heavy (non-hydrogen) atoms. The average Bonchev–Trinajstić information content (AvgIpc) is 2.64. The molecule has 2 N–H and O–H groups in total. The van der Waals surface area contributed by atoms with Crippen LogP contribution in [-0.4, -0.2) is 69.3 Å². The van der Waals surface area contributed by atoms with Crippen LogP contribution in [0.5, 0.6) is 0 Å². The summed E-state index contributed by atoms with van der Waals surface area (Å²) < 4.78 is 18.9. The lowest BCUT2D eigenvalue weighted by molar-refractivity contribution is -0.170. The highest BCUT2D eigenvalue weighted by Crippen LogP contribution is 2.39. The number of alkyl halides is 1. The van der Waals surface area contributed by atoms with Crippen molar-refractivity contribution in [2.75, 3.05) is 13.1 Å². The molecule has 6 atom stereocenters. The summed E-state index contributed by atoms with van der Waals surface area (Å²) in [6.07, 6.45) is -3.42. The van der Waals surface area contributed by atoms with Crippen LogP contribution in [0, 0.1) is 0 Å². The molecular formula is C11H17FN2O3S. The SMILES string of the molecule is C[C@@H](F)C1OC2SC(N3CCC3)=NC2C(O)C1O. The van der Waals surface area contributed by atoms with Gasteiger partial charge in [-0.05, 0) is 13.3 Å². The third kappa shape index (κ3) is 1.93. The van der Waals surface area contributed by atoms with Crippen LogP contribution < -0.4 is 0 Å². The normalized spacial score (nSPS) is 45.2. The summed E-state index contributed by atoms with van der Waals surface area (Å²) in [5.74, 6) is 0. The van der Waals surface area contributed by atoms with Crippen LogP contribution in [0.1, 0.15) is 13.3 Å². The number of likely N-dealkylation sites (tertiary alicyclic amines) is 1. The van der Waals surface area contributed by atoms with Gasteiger partial charge in [-0.1, -0.05) is 11.8 Å². The quantitative estimate of drug-likeness (QED) is 0.704. The van der Waals surface area contributed by atoms with Crippen molar-refractivity contribution in [3.8, 4) is 0 Å². The van der Waals surface area contributed by atoms with E-state index < -0.39 is 30.5 Å². The number of halogens is 1. The number of thioether (sulfide) groups is 1. The molecule has 0 aromatic carbocycles. The lowest BCUT2D eigenvalue weighted by Crippen LogP contribution is -2.57. The van der Waals surface area contributed by atoms with Gasteiger partial charge in [0.2, 0.25) is 0 Å². The van der Waals surface area contributed by atoms with Crippen LogP contribution in [0.25, 0.3) is 0 Å². The second-order valence-corrected chi connectivity index (χ2v) is 6.05. The molecule has 0 saturated carbocycles. The Morgan fingerprint density at radius 2 is 2.17 bits per heavy atom. The fourth-order valence-corrected chi connectivity index (χ4v) is 3.68. The van der Waals surface area contributed by atoms with Crippen molar-refractivity contribution >= 4 is 16.9 Å². The maximum absolute atomic E-state index is 13.3. The van der Waals surface area contributed by atoms with Gasteiger partial charge < -0.3 is 19.8 Å². The first kappa shape index (κ1) is 12.7. The van der Waals surface area contributed by atoms with Gasteiger partial charge >= 0.3 is 0 Å². The highest BCUT2D eigenvalue weighted by Gasteiger charge is 2.50. The molecule has 3 aliphatic rings. The number of aliphatic hydroxyl groups excluding tert-OH is 2. The third-order valence-electron chi connectivity index (χ3n) is 3.67. The largest absolute Gasteiger partial charge is 0.388 e. The molecule has 0 bridgehead atoms. The van der Waals surface area contributed by atoms with Crippen molar-refractivity contribution in [3.05, 3.63) is 0 Å². The van der Waals surface area contributed by atoms with E-state index in [1.54, 1.807) is 0 Å². The minimum Gasteiger partial charge on any atom is -0.388 e. The zero-order chi connectivity index (χ0) is 12.9. The average molecular weight is 276 g/mol. The van der Waals surface area contributed by atoms with Crippen molar-refractivity contribution in [1.82, 2.24) is 4.90 Å². The Morgan fingerprint density at radius 3 is 2.72 bits per heavy atom. The van der Waals surface area contributed by atoms with Crippen molar-refractivity contribution < 1.29 is 19.3 Å². The molecule has 0 radical (unpaired) electrons. The van der Waals surface area contributed by atoms with Crippen molar-refractivity contribution in [2.24, 2.45) is 4.99 Å². The number of hydrogen-bond donors (Lipinski definition) is 2. The van der Waals surface area contributed by atoms with Crippen LogP contribution in [0.3, 0.4) is 0 Å². The van der Waals surface area contributed by atoms with E-state index in [0.29, 0.717) is 0 Å². The number of ether oxygens (including phenoxy) is 1. The second kappa shape index (κ2) is 4.63. The first-order valence-electron chi connectivity index (χ1n) is 6.23. The summed E-state index contributed by atoms with van der Waals surface area (Å²) in [6, 6.07) is -0.490. The standard InChI is InChI=1S/C11H17FN2O3S/c1-5(12)9-8(16)7(15)6-10(17-9)18-11(13-6)14-3-2-4-14/h5-10,15-16H,2-4H2,1H3/t5-,6?,7?,8?,9?,10?/m1/s1. The van der Waals surface area contributed by atoms with E-state index in [1.165, 1.54) is 18.7 Å². The van der Waals surface area contributed by atoms with Gasteiger partial charge in [0.1, 0.15) is 36.0 Å². The number of aliphatic hydroxyl groups is 2. The Balaban J connectivity index is 1.75. The van der Waals surface area contributed by atoms with E-state index >= 15 is 0 Å². The number of fused-ring (bicyclic) bond motifs is 1. The molecule has 0 aromatic rings. The smallest absolute Gasteiger partial charge is 0.162 e. The molecule has 0 aliphatic carbocycles. The van der Waals surface area contributed by atoms with E-state index in [2.05, 4.69) is 9.89 Å². The minimum absolute atomic E-state index is 0.387. The zero-order valence-electron chi connectivity index (χ0n) is 10.1. The fraction of sp³-hybridized carbons (Fsp3) is 0.909. The number of rotatable bonds is 1. The monoisotopic (exact) mass is 276 g/mol. The molecule has 2 saturated heterocycles. The summed E-state index contributed by atoms with van der Waals surface area (Å²) in [4.78, 5) is 6.52. The molecule has 3 heterocycles. The molecule has 0 aromatic heterocycles. The Labute approximate surface area is 109 Å². The molecule has 7 heteroatoms. The van der Waals surface area contributed by atoms with Crippen LogP contribution in [0.4, 0.5) is 4.39 Å². The van der Waals surface area contributed by atoms with Crippen LogP contribution in [0.2, 0.25) is 0 Å². The van der Waals surface area contributed by atoms with Gasteiger partial charge in [0.25, 0.3) is 0 Å². The number of nitrogens with zero attached hydrogens (tertiary/aromatic N) is 2. The lowest BCUT2D eigenvalue weighted by atomic mass is 9.96.